The molecule has 0 aliphatic heterocycles. The minimum Gasteiger partial charge on any atom is -0.360 e. The van der Waals surface area contributed by atoms with E-state index >= 15 is 0 Å². The lowest BCUT2D eigenvalue weighted by molar-refractivity contribution is 0.100. The zero-order chi connectivity index (χ0) is 10.1. The monoisotopic (exact) mass is 192 g/mol. The Hall–Kier alpha value is -1.68. The van der Waals surface area contributed by atoms with Gasteiger partial charge in [0.1, 0.15) is 5.82 Å². The van der Waals surface area contributed by atoms with Gasteiger partial charge in [-0.25, -0.2) is 4.39 Å². The van der Waals surface area contributed by atoms with E-state index in [1.54, 1.807) is 12.3 Å². The zero-order valence-corrected chi connectivity index (χ0v) is 7.38. The van der Waals surface area contributed by atoms with Crippen molar-refractivity contribution in [3.63, 3.8) is 0 Å². The van der Waals surface area contributed by atoms with E-state index < -0.39 is 0 Å². The third-order valence-corrected chi connectivity index (χ3v) is 2.13. The van der Waals surface area contributed by atoms with Gasteiger partial charge in [-0.3, -0.25) is 4.79 Å². The summed E-state index contributed by atoms with van der Waals surface area (Å²) in [5, 5.41) is 0.584. The molecule has 0 atom stereocenters. The van der Waals surface area contributed by atoms with Gasteiger partial charge in [0.25, 0.3) is 0 Å². The molecule has 1 heterocycles. The van der Waals surface area contributed by atoms with Crippen LogP contribution in [0, 0.1) is 5.82 Å². The molecular weight excluding hydrogens is 183 g/mol. The molecule has 2 rings (SSSR count). The second kappa shape index (κ2) is 3.23. The molecule has 1 aromatic carbocycles. The number of Topliss-reactive ketones (excluding diaryl/α,β-unsaturated/α-hetero) is 1. The lowest BCUT2D eigenvalue weighted by atomic mass is 10.1. The molecule has 1 aromatic heterocycles. The van der Waals surface area contributed by atoms with Gasteiger partial charge in [0.05, 0.1) is 6.54 Å². The summed E-state index contributed by atoms with van der Waals surface area (Å²) in [4.78, 5) is 14.2. The topological polar surface area (TPSA) is 58.9 Å². The number of benzene rings is 1. The van der Waals surface area contributed by atoms with E-state index in [0.717, 1.165) is 5.52 Å². The number of carbonyl (C=O) groups excluding carboxylic acids is 1. The number of carbonyl (C=O) groups is 1. The molecule has 4 heteroatoms. The Morgan fingerprint density at radius 3 is 3.00 bits per heavy atom. The molecule has 0 bridgehead atoms. The Bertz CT molecular complexity index is 490. The molecule has 14 heavy (non-hydrogen) atoms. The Balaban J connectivity index is 2.67. The van der Waals surface area contributed by atoms with Gasteiger partial charge in [0.2, 0.25) is 0 Å². The van der Waals surface area contributed by atoms with Gasteiger partial charge < -0.3 is 10.7 Å². The lowest BCUT2D eigenvalue weighted by Gasteiger charge is -1.95. The van der Waals surface area contributed by atoms with Crippen molar-refractivity contribution in [2.45, 2.75) is 0 Å². The van der Waals surface area contributed by atoms with Gasteiger partial charge in [0, 0.05) is 22.7 Å². The van der Waals surface area contributed by atoms with E-state index in [0.29, 0.717) is 10.9 Å². The van der Waals surface area contributed by atoms with Crippen molar-refractivity contribution in [1.82, 2.24) is 4.98 Å². The fraction of sp³-hybridized carbons (Fsp3) is 0.100. The van der Waals surface area contributed by atoms with E-state index in [9.17, 15) is 9.18 Å². The molecule has 3 N–H and O–H groups in total. The summed E-state index contributed by atoms with van der Waals surface area (Å²) in [6, 6.07) is 4.27. The Morgan fingerprint density at radius 1 is 1.50 bits per heavy atom. The highest BCUT2D eigenvalue weighted by atomic mass is 19.1. The van der Waals surface area contributed by atoms with Crippen LogP contribution in [-0.4, -0.2) is 17.3 Å². The SMILES string of the molecule is NCC(=O)c1c[nH]c2ccc(F)cc12. The van der Waals surface area contributed by atoms with Crippen LogP contribution in [0.4, 0.5) is 4.39 Å². The predicted molar refractivity (Wildman–Crippen MR) is 51.6 cm³/mol. The van der Waals surface area contributed by atoms with E-state index in [1.165, 1.54) is 12.1 Å². The summed E-state index contributed by atoms with van der Waals surface area (Å²) in [6.45, 7) is -0.0660. The fourth-order valence-electron chi connectivity index (χ4n) is 1.43. The van der Waals surface area contributed by atoms with Crippen LogP contribution in [-0.2, 0) is 0 Å². The minimum atomic E-state index is -0.358. The average Bonchev–Trinajstić information content (AvgIpc) is 2.59. The normalized spacial score (nSPS) is 10.7. The molecule has 3 nitrogen and oxygen atoms in total. The van der Waals surface area contributed by atoms with Crippen LogP contribution in [0.5, 0.6) is 0 Å². The first-order valence-electron chi connectivity index (χ1n) is 4.22. The summed E-state index contributed by atoms with van der Waals surface area (Å²) in [5.74, 6) is -0.551. The number of hydrogen-bond acceptors (Lipinski definition) is 2. The molecule has 0 fully saturated rings. The number of hydrogen-bond donors (Lipinski definition) is 2. The van der Waals surface area contributed by atoms with E-state index in [2.05, 4.69) is 4.98 Å². The smallest absolute Gasteiger partial charge is 0.178 e. The number of nitrogens with one attached hydrogen (secondary N) is 1. The summed E-state index contributed by atoms with van der Waals surface area (Å²) in [7, 11) is 0. The van der Waals surface area contributed by atoms with Gasteiger partial charge in [-0.1, -0.05) is 0 Å². The zero-order valence-electron chi connectivity index (χ0n) is 7.38. The summed E-state index contributed by atoms with van der Waals surface area (Å²) < 4.78 is 12.9. The van der Waals surface area contributed by atoms with Gasteiger partial charge in [0.15, 0.2) is 5.78 Å². The first kappa shape index (κ1) is 8.90. The summed E-state index contributed by atoms with van der Waals surface area (Å²) in [5.41, 5.74) is 6.42. The Kier molecular flexibility index (Phi) is 2.05. The number of ketones is 1. The van der Waals surface area contributed by atoms with Crippen LogP contribution < -0.4 is 5.73 Å². The van der Waals surface area contributed by atoms with Crippen molar-refractivity contribution in [1.29, 1.82) is 0 Å². The molecule has 2 aromatic rings. The maximum atomic E-state index is 12.9. The van der Waals surface area contributed by atoms with Crippen LogP contribution >= 0.6 is 0 Å². The van der Waals surface area contributed by atoms with E-state index in [-0.39, 0.29) is 18.1 Å². The highest BCUT2D eigenvalue weighted by molar-refractivity contribution is 6.08. The molecule has 0 aliphatic carbocycles. The van der Waals surface area contributed by atoms with Crippen molar-refractivity contribution in [3.8, 4) is 0 Å². The van der Waals surface area contributed by atoms with Crippen molar-refractivity contribution >= 4 is 16.7 Å². The Labute approximate surface area is 79.7 Å². The van der Waals surface area contributed by atoms with Crippen molar-refractivity contribution in [2.75, 3.05) is 6.54 Å². The molecule has 0 amide bonds. The van der Waals surface area contributed by atoms with Gasteiger partial charge in [-0.15, -0.1) is 0 Å². The number of H-pyrrole nitrogens is 1. The molecule has 0 saturated carbocycles. The molecular formula is C10H9FN2O. The van der Waals surface area contributed by atoms with Crippen LogP contribution in [0.25, 0.3) is 10.9 Å². The number of rotatable bonds is 2. The highest BCUT2D eigenvalue weighted by Crippen LogP contribution is 2.19. The van der Waals surface area contributed by atoms with Crippen LogP contribution in [0.2, 0.25) is 0 Å². The third-order valence-electron chi connectivity index (χ3n) is 2.13. The first-order chi connectivity index (χ1) is 6.72. The predicted octanol–water partition coefficient (Wildman–Crippen LogP) is 1.45. The highest BCUT2D eigenvalue weighted by Gasteiger charge is 2.10. The van der Waals surface area contributed by atoms with Crippen molar-refractivity contribution < 1.29 is 9.18 Å². The number of halogens is 1. The molecule has 0 unspecified atom stereocenters. The summed E-state index contributed by atoms with van der Waals surface area (Å²) >= 11 is 0. The molecule has 0 aliphatic rings. The molecule has 0 saturated heterocycles. The van der Waals surface area contributed by atoms with Crippen molar-refractivity contribution in [3.05, 3.63) is 35.8 Å². The maximum Gasteiger partial charge on any atom is 0.178 e. The number of aromatic nitrogens is 1. The van der Waals surface area contributed by atoms with Gasteiger partial charge in [-0.05, 0) is 18.2 Å². The van der Waals surface area contributed by atoms with Crippen LogP contribution in [0.15, 0.2) is 24.4 Å². The van der Waals surface area contributed by atoms with Crippen molar-refractivity contribution in [2.24, 2.45) is 5.73 Å². The van der Waals surface area contributed by atoms with Gasteiger partial charge >= 0.3 is 0 Å². The summed E-state index contributed by atoms with van der Waals surface area (Å²) in [6.07, 6.45) is 1.55. The van der Waals surface area contributed by atoms with E-state index in [1.807, 2.05) is 0 Å². The second-order valence-electron chi connectivity index (χ2n) is 3.02. The maximum absolute atomic E-state index is 12.9. The molecule has 0 radical (unpaired) electrons. The van der Waals surface area contributed by atoms with Crippen LogP contribution in [0.3, 0.4) is 0 Å². The van der Waals surface area contributed by atoms with E-state index in [4.69, 9.17) is 5.73 Å². The fourth-order valence-corrected chi connectivity index (χ4v) is 1.43. The number of aromatic amines is 1. The molecule has 72 valence electrons. The van der Waals surface area contributed by atoms with Gasteiger partial charge in [-0.2, -0.15) is 0 Å². The lowest BCUT2D eigenvalue weighted by Crippen LogP contribution is -2.12. The standard InChI is InChI=1S/C10H9FN2O/c11-6-1-2-9-7(3-6)8(5-13-9)10(14)4-12/h1-3,5,13H,4,12H2. The van der Waals surface area contributed by atoms with Crippen LogP contribution in [0.1, 0.15) is 10.4 Å². The number of nitrogens with two attached hydrogens (primary N) is 1. The third kappa shape index (κ3) is 1.29. The second-order valence-corrected chi connectivity index (χ2v) is 3.02. The molecule has 0 spiro atoms. The average molecular weight is 192 g/mol. The number of fused-ring (bicyclic) bond motifs is 1. The Morgan fingerprint density at radius 2 is 2.29 bits per heavy atom. The minimum absolute atomic E-state index is 0.0660. The first-order valence-corrected chi connectivity index (χ1v) is 4.22. The quantitative estimate of drug-likeness (QED) is 0.707. The largest absolute Gasteiger partial charge is 0.360 e.